The zero-order valence-corrected chi connectivity index (χ0v) is 12.9. The molecule has 114 valence electrons. The molecule has 1 atom stereocenters. The lowest BCUT2D eigenvalue weighted by atomic mass is 9.96. The van der Waals surface area contributed by atoms with Crippen LogP contribution in [0.3, 0.4) is 0 Å². The first-order valence-corrected chi connectivity index (χ1v) is 8.21. The fraction of sp³-hybridized carbons (Fsp3) is 0.588. The van der Waals surface area contributed by atoms with E-state index in [1.807, 2.05) is 0 Å². The predicted molar refractivity (Wildman–Crippen MR) is 85.1 cm³/mol. The van der Waals surface area contributed by atoms with E-state index in [1.165, 1.54) is 37.7 Å². The van der Waals surface area contributed by atoms with Crippen LogP contribution in [0.4, 0.5) is 0 Å². The molecule has 2 heterocycles. The van der Waals surface area contributed by atoms with E-state index >= 15 is 0 Å². The molecule has 4 heteroatoms. The molecule has 0 amide bonds. The zero-order valence-electron chi connectivity index (χ0n) is 12.9. The summed E-state index contributed by atoms with van der Waals surface area (Å²) in [5, 5.41) is 4.77. The van der Waals surface area contributed by atoms with E-state index in [4.69, 9.17) is 10.8 Å². The van der Waals surface area contributed by atoms with Crippen molar-refractivity contribution in [3.63, 3.8) is 0 Å². The molecule has 2 aromatic heterocycles. The number of rotatable bonds is 5. The SMILES string of the molecule is CCC(N)c1ccn(Cc2ccn(C3CCCCC3)n2)c1. The van der Waals surface area contributed by atoms with Crippen molar-refractivity contribution in [1.29, 1.82) is 0 Å². The molecule has 21 heavy (non-hydrogen) atoms. The monoisotopic (exact) mass is 286 g/mol. The third-order valence-corrected chi connectivity index (χ3v) is 4.60. The molecule has 0 spiro atoms. The van der Waals surface area contributed by atoms with Crippen LogP contribution < -0.4 is 5.73 Å². The standard InChI is InChI=1S/C17H26N4/c1-2-17(18)14-8-10-20(12-14)13-15-9-11-21(19-15)16-6-4-3-5-7-16/h8-12,16-17H,2-7,13,18H2,1H3. The average molecular weight is 286 g/mol. The number of nitrogens with zero attached hydrogens (tertiary/aromatic N) is 3. The maximum absolute atomic E-state index is 6.07. The van der Waals surface area contributed by atoms with Crippen LogP contribution in [0.15, 0.2) is 30.7 Å². The highest BCUT2D eigenvalue weighted by molar-refractivity contribution is 5.16. The Morgan fingerprint density at radius 1 is 1.24 bits per heavy atom. The highest BCUT2D eigenvalue weighted by atomic mass is 15.3. The van der Waals surface area contributed by atoms with Gasteiger partial charge in [0.15, 0.2) is 0 Å². The Hall–Kier alpha value is -1.55. The van der Waals surface area contributed by atoms with E-state index in [0.29, 0.717) is 6.04 Å². The first-order chi connectivity index (χ1) is 10.3. The van der Waals surface area contributed by atoms with Crippen molar-refractivity contribution in [3.05, 3.63) is 42.0 Å². The maximum atomic E-state index is 6.07. The van der Waals surface area contributed by atoms with Gasteiger partial charge in [0.05, 0.1) is 18.3 Å². The van der Waals surface area contributed by atoms with Crippen molar-refractivity contribution in [1.82, 2.24) is 14.3 Å². The van der Waals surface area contributed by atoms with Gasteiger partial charge in [-0.2, -0.15) is 5.10 Å². The fourth-order valence-corrected chi connectivity index (χ4v) is 3.21. The molecule has 0 bridgehead atoms. The summed E-state index contributed by atoms with van der Waals surface area (Å²) in [6.45, 7) is 2.95. The molecule has 1 unspecified atom stereocenters. The van der Waals surface area contributed by atoms with Crippen molar-refractivity contribution in [3.8, 4) is 0 Å². The Morgan fingerprint density at radius 3 is 2.81 bits per heavy atom. The summed E-state index contributed by atoms with van der Waals surface area (Å²) >= 11 is 0. The van der Waals surface area contributed by atoms with E-state index in [2.05, 4.69) is 46.9 Å². The molecule has 2 aromatic rings. The molecule has 1 fully saturated rings. The second kappa shape index (κ2) is 6.48. The first kappa shape index (κ1) is 14.4. The summed E-state index contributed by atoms with van der Waals surface area (Å²) in [5.74, 6) is 0. The molecule has 0 aromatic carbocycles. The second-order valence-corrected chi connectivity index (χ2v) is 6.21. The summed E-state index contributed by atoms with van der Waals surface area (Å²) in [6.07, 6.45) is 14.0. The van der Waals surface area contributed by atoms with Crippen molar-refractivity contribution in [2.24, 2.45) is 5.73 Å². The third-order valence-electron chi connectivity index (χ3n) is 4.60. The van der Waals surface area contributed by atoms with Crippen LogP contribution in [0.1, 0.15) is 68.8 Å². The summed E-state index contributed by atoms with van der Waals surface area (Å²) in [4.78, 5) is 0. The van der Waals surface area contributed by atoms with Crippen LogP contribution in [0, 0.1) is 0 Å². The number of aromatic nitrogens is 3. The maximum Gasteiger partial charge on any atom is 0.0821 e. The number of hydrogen-bond donors (Lipinski definition) is 1. The van der Waals surface area contributed by atoms with Gasteiger partial charge < -0.3 is 10.3 Å². The second-order valence-electron chi connectivity index (χ2n) is 6.21. The summed E-state index contributed by atoms with van der Waals surface area (Å²) in [5.41, 5.74) is 8.41. The summed E-state index contributed by atoms with van der Waals surface area (Å²) < 4.78 is 4.36. The predicted octanol–water partition coefficient (Wildman–Crippen LogP) is 3.65. The van der Waals surface area contributed by atoms with Crippen LogP contribution in [-0.4, -0.2) is 14.3 Å². The highest BCUT2D eigenvalue weighted by Crippen LogP contribution is 2.27. The molecule has 0 radical (unpaired) electrons. The molecule has 1 aliphatic rings. The van der Waals surface area contributed by atoms with Crippen LogP contribution in [0.25, 0.3) is 0 Å². The minimum atomic E-state index is 0.144. The summed E-state index contributed by atoms with van der Waals surface area (Å²) in [7, 11) is 0. The Balaban J connectivity index is 1.65. The fourth-order valence-electron chi connectivity index (χ4n) is 3.21. The Kier molecular flexibility index (Phi) is 4.44. The van der Waals surface area contributed by atoms with Crippen LogP contribution in [-0.2, 0) is 6.54 Å². The van der Waals surface area contributed by atoms with E-state index in [1.54, 1.807) is 0 Å². The van der Waals surface area contributed by atoms with Gasteiger partial charge in [-0.05, 0) is 37.0 Å². The zero-order chi connectivity index (χ0) is 14.7. The molecule has 3 rings (SSSR count). The van der Waals surface area contributed by atoms with E-state index < -0.39 is 0 Å². The van der Waals surface area contributed by atoms with Crippen molar-refractivity contribution in [2.45, 2.75) is 64.1 Å². The van der Waals surface area contributed by atoms with Crippen molar-refractivity contribution in [2.75, 3.05) is 0 Å². The molecular formula is C17H26N4. The minimum absolute atomic E-state index is 0.144. The highest BCUT2D eigenvalue weighted by Gasteiger charge is 2.16. The van der Waals surface area contributed by atoms with Gasteiger partial charge in [-0.15, -0.1) is 0 Å². The van der Waals surface area contributed by atoms with E-state index in [9.17, 15) is 0 Å². The molecule has 1 aliphatic carbocycles. The minimum Gasteiger partial charge on any atom is -0.348 e. The van der Waals surface area contributed by atoms with Gasteiger partial charge in [0.1, 0.15) is 0 Å². The third kappa shape index (κ3) is 3.38. The van der Waals surface area contributed by atoms with Crippen molar-refractivity contribution >= 4 is 0 Å². The van der Waals surface area contributed by atoms with Gasteiger partial charge in [-0.25, -0.2) is 0 Å². The quantitative estimate of drug-likeness (QED) is 0.912. The van der Waals surface area contributed by atoms with E-state index in [0.717, 1.165) is 18.7 Å². The largest absolute Gasteiger partial charge is 0.348 e. The lowest BCUT2D eigenvalue weighted by Gasteiger charge is -2.21. The normalized spacial score (nSPS) is 18.0. The van der Waals surface area contributed by atoms with Gasteiger partial charge >= 0.3 is 0 Å². The van der Waals surface area contributed by atoms with Crippen LogP contribution in [0.5, 0.6) is 0 Å². The molecular weight excluding hydrogens is 260 g/mol. The topological polar surface area (TPSA) is 48.8 Å². The Morgan fingerprint density at radius 2 is 2.05 bits per heavy atom. The molecule has 4 nitrogen and oxygen atoms in total. The molecule has 0 saturated heterocycles. The van der Waals surface area contributed by atoms with Gasteiger partial charge in [-0.3, -0.25) is 4.68 Å². The lowest BCUT2D eigenvalue weighted by molar-refractivity contribution is 0.328. The molecule has 0 aliphatic heterocycles. The van der Waals surface area contributed by atoms with Gasteiger partial charge in [0, 0.05) is 24.6 Å². The number of hydrogen-bond acceptors (Lipinski definition) is 2. The van der Waals surface area contributed by atoms with Gasteiger partial charge in [0.25, 0.3) is 0 Å². The van der Waals surface area contributed by atoms with Gasteiger partial charge in [0.2, 0.25) is 0 Å². The van der Waals surface area contributed by atoms with Crippen molar-refractivity contribution < 1.29 is 0 Å². The van der Waals surface area contributed by atoms with Crippen LogP contribution in [0.2, 0.25) is 0 Å². The lowest BCUT2D eigenvalue weighted by Crippen LogP contribution is -2.13. The van der Waals surface area contributed by atoms with Crippen LogP contribution >= 0.6 is 0 Å². The molecule has 2 N–H and O–H groups in total. The Labute approximate surface area is 126 Å². The smallest absolute Gasteiger partial charge is 0.0821 e. The first-order valence-electron chi connectivity index (χ1n) is 8.21. The van der Waals surface area contributed by atoms with E-state index in [-0.39, 0.29) is 6.04 Å². The number of nitrogens with two attached hydrogens (primary N) is 1. The Bertz CT molecular complexity index is 563. The van der Waals surface area contributed by atoms with Gasteiger partial charge in [-0.1, -0.05) is 26.2 Å². The average Bonchev–Trinajstić information content (AvgIpc) is 3.17. The summed E-state index contributed by atoms with van der Waals surface area (Å²) in [6, 6.07) is 5.02. The molecule has 1 saturated carbocycles.